The average molecular weight is 379 g/mol. The molecule has 1 aliphatic heterocycles. The molecule has 3 rings (SSSR count). The van der Waals surface area contributed by atoms with Crippen LogP contribution in [0.1, 0.15) is 13.8 Å². The van der Waals surface area contributed by atoms with Gasteiger partial charge in [-0.2, -0.15) is 0 Å². The first kappa shape index (κ1) is 17.1. The second-order valence-electron chi connectivity index (χ2n) is 5.07. The summed E-state index contributed by atoms with van der Waals surface area (Å²) in [5.41, 5.74) is 0.825. The smallest absolute Gasteiger partial charge is 0.345 e. The SMILES string of the molecule is CC(C)OC(=O)C(C(=O)Nc1nc2ccccc2s1)=C1SC=CS1. The monoisotopic (exact) mass is 378 g/mol. The van der Waals surface area contributed by atoms with Crippen molar-refractivity contribution in [3.63, 3.8) is 0 Å². The number of carbonyl (C=O) groups is 2. The van der Waals surface area contributed by atoms with E-state index >= 15 is 0 Å². The number of thiazole rings is 1. The van der Waals surface area contributed by atoms with Crippen molar-refractivity contribution in [2.45, 2.75) is 20.0 Å². The van der Waals surface area contributed by atoms with Gasteiger partial charge in [0, 0.05) is 0 Å². The predicted molar refractivity (Wildman–Crippen MR) is 101 cm³/mol. The number of fused-ring (bicyclic) bond motifs is 1. The Kier molecular flexibility index (Phi) is 5.27. The van der Waals surface area contributed by atoms with Gasteiger partial charge >= 0.3 is 5.97 Å². The summed E-state index contributed by atoms with van der Waals surface area (Å²) in [6, 6.07) is 7.61. The Bertz CT molecular complexity index is 812. The summed E-state index contributed by atoms with van der Waals surface area (Å²) in [7, 11) is 0. The van der Waals surface area contributed by atoms with Gasteiger partial charge in [0.25, 0.3) is 5.91 Å². The summed E-state index contributed by atoms with van der Waals surface area (Å²) >= 11 is 4.03. The topological polar surface area (TPSA) is 68.3 Å². The molecule has 0 saturated carbocycles. The first-order chi connectivity index (χ1) is 11.5. The predicted octanol–water partition coefficient (Wildman–Crippen LogP) is 4.35. The number of aromatic nitrogens is 1. The fourth-order valence-electron chi connectivity index (χ4n) is 1.95. The van der Waals surface area contributed by atoms with Crippen molar-refractivity contribution in [2.24, 2.45) is 0 Å². The highest BCUT2D eigenvalue weighted by molar-refractivity contribution is 8.27. The molecular formula is C16H14N2O3S3. The Morgan fingerprint density at radius 1 is 1.17 bits per heavy atom. The van der Waals surface area contributed by atoms with Crippen molar-refractivity contribution in [1.29, 1.82) is 0 Å². The minimum Gasteiger partial charge on any atom is -0.459 e. The quantitative estimate of drug-likeness (QED) is 0.369. The molecule has 0 atom stereocenters. The lowest BCUT2D eigenvalue weighted by molar-refractivity contribution is -0.143. The lowest BCUT2D eigenvalue weighted by Crippen LogP contribution is -2.25. The number of carbonyl (C=O) groups excluding carboxylic acids is 2. The van der Waals surface area contributed by atoms with Crippen molar-refractivity contribution in [1.82, 2.24) is 4.98 Å². The van der Waals surface area contributed by atoms with E-state index in [1.807, 2.05) is 35.1 Å². The van der Waals surface area contributed by atoms with Gasteiger partial charge in [0.1, 0.15) is 5.57 Å². The lowest BCUT2D eigenvalue weighted by atomic mass is 10.3. The van der Waals surface area contributed by atoms with Gasteiger partial charge in [-0.05, 0) is 36.8 Å². The Hall–Kier alpha value is -1.77. The number of benzene rings is 1. The van der Waals surface area contributed by atoms with E-state index in [1.165, 1.54) is 34.9 Å². The number of rotatable bonds is 4. The molecule has 124 valence electrons. The number of anilines is 1. The third kappa shape index (κ3) is 3.82. The number of para-hydroxylation sites is 1. The number of esters is 1. The van der Waals surface area contributed by atoms with Crippen LogP contribution in [0.2, 0.25) is 0 Å². The van der Waals surface area contributed by atoms with E-state index in [1.54, 1.807) is 13.8 Å². The second kappa shape index (κ2) is 7.42. The number of hydrogen-bond donors (Lipinski definition) is 1. The second-order valence-corrected chi connectivity index (χ2v) is 8.19. The highest BCUT2D eigenvalue weighted by atomic mass is 32.2. The van der Waals surface area contributed by atoms with Crippen molar-refractivity contribution >= 4 is 62.1 Å². The maximum absolute atomic E-state index is 12.6. The van der Waals surface area contributed by atoms with E-state index in [4.69, 9.17) is 4.74 Å². The standard InChI is InChI=1S/C16H14N2O3S3/c1-9(2)21-14(20)12(15-22-7-8-23-15)13(19)18-16-17-10-5-3-4-6-11(10)24-16/h3-9H,1-2H3,(H,17,18,19). The molecule has 1 aromatic carbocycles. The van der Waals surface area contributed by atoms with Crippen LogP contribution >= 0.6 is 34.9 Å². The zero-order chi connectivity index (χ0) is 17.1. The minimum absolute atomic E-state index is 0.0166. The summed E-state index contributed by atoms with van der Waals surface area (Å²) in [4.78, 5) is 29.3. The Morgan fingerprint density at radius 2 is 1.88 bits per heavy atom. The molecule has 8 heteroatoms. The number of thioether (sulfide) groups is 2. The summed E-state index contributed by atoms with van der Waals surface area (Å²) in [6.07, 6.45) is -0.298. The van der Waals surface area contributed by atoms with Crippen LogP contribution in [-0.4, -0.2) is 23.0 Å². The summed E-state index contributed by atoms with van der Waals surface area (Å²) in [5, 5.41) is 6.83. The largest absolute Gasteiger partial charge is 0.459 e. The van der Waals surface area contributed by atoms with Gasteiger partial charge in [0.05, 0.1) is 20.6 Å². The minimum atomic E-state index is -0.623. The molecule has 1 amide bonds. The number of hydrogen-bond acceptors (Lipinski definition) is 7. The van der Waals surface area contributed by atoms with Crippen LogP contribution in [0.5, 0.6) is 0 Å². The highest BCUT2D eigenvalue weighted by Gasteiger charge is 2.27. The third-order valence-corrected chi connectivity index (χ3v) is 5.98. The maximum atomic E-state index is 12.6. The van der Waals surface area contributed by atoms with Crippen LogP contribution in [-0.2, 0) is 14.3 Å². The van der Waals surface area contributed by atoms with Crippen LogP contribution in [0.4, 0.5) is 5.13 Å². The molecule has 5 nitrogen and oxygen atoms in total. The van der Waals surface area contributed by atoms with Gasteiger partial charge in [-0.1, -0.05) is 47.0 Å². The number of amides is 1. The van der Waals surface area contributed by atoms with E-state index < -0.39 is 11.9 Å². The number of nitrogens with one attached hydrogen (secondary N) is 1. The van der Waals surface area contributed by atoms with E-state index in [-0.39, 0.29) is 11.7 Å². The average Bonchev–Trinajstić information content (AvgIpc) is 3.15. The molecular weight excluding hydrogens is 364 g/mol. The molecule has 0 spiro atoms. The fraction of sp³-hybridized carbons (Fsp3) is 0.188. The van der Waals surface area contributed by atoms with Gasteiger partial charge in [0.2, 0.25) is 0 Å². The van der Waals surface area contributed by atoms with E-state index in [2.05, 4.69) is 10.3 Å². The zero-order valence-electron chi connectivity index (χ0n) is 12.9. The molecule has 1 N–H and O–H groups in total. The molecule has 24 heavy (non-hydrogen) atoms. The van der Waals surface area contributed by atoms with Crippen molar-refractivity contribution < 1.29 is 14.3 Å². The van der Waals surface area contributed by atoms with Gasteiger partial charge in [-0.3, -0.25) is 10.1 Å². The maximum Gasteiger partial charge on any atom is 0.345 e. The molecule has 0 fully saturated rings. The van der Waals surface area contributed by atoms with Gasteiger partial charge in [-0.15, -0.1) is 0 Å². The summed E-state index contributed by atoms with van der Waals surface area (Å²) in [5.74, 6) is -1.12. The van der Waals surface area contributed by atoms with Crippen LogP contribution in [0, 0.1) is 0 Å². The molecule has 0 radical (unpaired) electrons. The van der Waals surface area contributed by atoms with Gasteiger partial charge in [0.15, 0.2) is 5.13 Å². The molecule has 1 aromatic heterocycles. The normalized spacial score (nSPS) is 13.5. The molecule has 2 heterocycles. The third-order valence-electron chi connectivity index (χ3n) is 2.90. The van der Waals surface area contributed by atoms with Gasteiger partial charge < -0.3 is 4.74 Å². The van der Waals surface area contributed by atoms with Crippen LogP contribution in [0.25, 0.3) is 10.2 Å². The lowest BCUT2D eigenvalue weighted by Gasteiger charge is -2.12. The summed E-state index contributed by atoms with van der Waals surface area (Å²) < 4.78 is 6.79. The van der Waals surface area contributed by atoms with Crippen LogP contribution in [0.15, 0.2) is 44.9 Å². The Balaban J connectivity index is 1.86. The molecule has 1 aliphatic rings. The molecule has 0 aliphatic carbocycles. The molecule has 0 saturated heterocycles. The molecule has 2 aromatic rings. The van der Waals surface area contributed by atoms with Crippen molar-refractivity contribution in [3.8, 4) is 0 Å². The zero-order valence-corrected chi connectivity index (χ0v) is 15.4. The number of nitrogens with zero attached hydrogens (tertiary/aromatic N) is 1. The first-order valence-corrected chi connectivity index (χ1v) is 9.72. The van der Waals surface area contributed by atoms with Crippen LogP contribution < -0.4 is 5.32 Å². The van der Waals surface area contributed by atoms with E-state index in [0.29, 0.717) is 9.37 Å². The van der Waals surface area contributed by atoms with Crippen molar-refractivity contribution in [2.75, 3.05) is 5.32 Å². The molecule has 0 unspecified atom stereocenters. The van der Waals surface area contributed by atoms with Gasteiger partial charge in [-0.25, -0.2) is 9.78 Å². The highest BCUT2D eigenvalue weighted by Crippen LogP contribution is 2.40. The Morgan fingerprint density at radius 3 is 2.54 bits per heavy atom. The van der Waals surface area contributed by atoms with E-state index in [0.717, 1.165) is 10.2 Å². The number of ether oxygens (including phenoxy) is 1. The Labute approximate surface area is 151 Å². The fourth-order valence-corrected chi connectivity index (χ4v) is 4.65. The summed E-state index contributed by atoms with van der Waals surface area (Å²) in [6.45, 7) is 3.50. The van der Waals surface area contributed by atoms with Crippen molar-refractivity contribution in [3.05, 3.63) is 44.9 Å². The first-order valence-electron chi connectivity index (χ1n) is 7.15. The van der Waals surface area contributed by atoms with Crippen LogP contribution in [0.3, 0.4) is 0 Å². The van der Waals surface area contributed by atoms with E-state index in [9.17, 15) is 9.59 Å². The molecule has 0 bridgehead atoms.